The normalized spacial score (nSPS) is 44.6. The van der Waals surface area contributed by atoms with Crippen molar-refractivity contribution in [2.75, 3.05) is 26.9 Å². The Labute approximate surface area is 207 Å². The molecule has 5 nitrogen and oxygen atoms in total. The first-order valence-electron chi connectivity index (χ1n) is 14.2. The van der Waals surface area contributed by atoms with E-state index < -0.39 is 5.79 Å². The highest BCUT2D eigenvalue weighted by Gasteiger charge is 2.61. The maximum atomic E-state index is 11.7. The molecule has 196 valence electrons. The smallest absolute Gasteiger partial charge is 0.305 e. The van der Waals surface area contributed by atoms with Crippen LogP contribution in [0.4, 0.5) is 0 Å². The number of esters is 1. The first-order chi connectivity index (χ1) is 16.2. The fraction of sp³-hybridized carbons (Fsp3) is 0.966. The lowest BCUT2D eigenvalue weighted by Crippen LogP contribution is -2.56. The van der Waals surface area contributed by atoms with Crippen LogP contribution in [0.15, 0.2) is 0 Å². The van der Waals surface area contributed by atoms with Crippen molar-refractivity contribution in [2.24, 2.45) is 46.3 Å². The van der Waals surface area contributed by atoms with E-state index in [1.165, 1.54) is 45.6 Å². The van der Waals surface area contributed by atoms with Gasteiger partial charge in [-0.15, -0.1) is 0 Å². The fourth-order valence-corrected chi connectivity index (χ4v) is 9.40. The lowest BCUT2D eigenvalue weighted by Gasteiger charge is -2.62. The number of hydrogen-bond donors (Lipinski definition) is 1. The molecule has 0 spiro atoms. The van der Waals surface area contributed by atoms with Gasteiger partial charge in [-0.2, -0.15) is 0 Å². The van der Waals surface area contributed by atoms with Crippen molar-refractivity contribution in [3.05, 3.63) is 0 Å². The molecule has 0 amide bonds. The Morgan fingerprint density at radius 1 is 1.00 bits per heavy atom. The fourth-order valence-electron chi connectivity index (χ4n) is 9.40. The number of fused-ring (bicyclic) bond motifs is 5. The van der Waals surface area contributed by atoms with E-state index >= 15 is 0 Å². The summed E-state index contributed by atoms with van der Waals surface area (Å²) in [5, 5.41) is 11.2. The van der Waals surface area contributed by atoms with Gasteiger partial charge in [0, 0.05) is 25.9 Å². The highest BCUT2D eigenvalue weighted by atomic mass is 16.6. The molecule has 4 aliphatic rings. The molecule has 0 aromatic rings. The summed E-state index contributed by atoms with van der Waals surface area (Å²) < 4.78 is 16.3. The molecule has 0 radical (unpaired) electrons. The quantitative estimate of drug-likeness (QED) is 0.251. The van der Waals surface area contributed by atoms with Crippen molar-refractivity contribution in [3.8, 4) is 0 Å². The zero-order chi connectivity index (χ0) is 24.6. The minimum atomic E-state index is -0.967. The number of carbonyl (C=O) groups is 1. The lowest BCUT2D eigenvalue weighted by atomic mass is 9.44. The molecular formula is C29H50O5. The van der Waals surface area contributed by atoms with Crippen LogP contribution in [0.5, 0.6) is 0 Å². The minimum absolute atomic E-state index is 0.0689. The third kappa shape index (κ3) is 4.83. The molecule has 1 unspecified atom stereocenters. The number of carbonyl (C=O) groups excluding carboxylic acids is 1. The van der Waals surface area contributed by atoms with Crippen LogP contribution in [-0.4, -0.2) is 43.8 Å². The summed E-state index contributed by atoms with van der Waals surface area (Å²) in [5.74, 6) is 3.24. The van der Waals surface area contributed by atoms with E-state index in [4.69, 9.17) is 14.2 Å². The summed E-state index contributed by atoms with van der Waals surface area (Å²) in [6.07, 6.45) is 12.0. The van der Waals surface area contributed by atoms with Crippen LogP contribution in [0.25, 0.3) is 0 Å². The molecule has 0 saturated heterocycles. The molecule has 4 saturated carbocycles. The summed E-state index contributed by atoms with van der Waals surface area (Å²) in [5.41, 5.74) is 0.742. The number of ether oxygens (including phenoxy) is 3. The van der Waals surface area contributed by atoms with Crippen molar-refractivity contribution in [1.82, 2.24) is 0 Å². The predicted molar refractivity (Wildman–Crippen MR) is 133 cm³/mol. The molecule has 4 rings (SSSR count). The van der Waals surface area contributed by atoms with E-state index in [9.17, 15) is 9.90 Å². The second-order valence-corrected chi connectivity index (χ2v) is 12.7. The van der Waals surface area contributed by atoms with Gasteiger partial charge >= 0.3 is 5.97 Å². The Balaban J connectivity index is 1.41. The average molecular weight is 479 g/mol. The van der Waals surface area contributed by atoms with Crippen molar-refractivity contribution in [3.63, 3.8) is 0 Å². The second-order valence-electron chi connectivity index (χ2n) is 12.7. The van der Waals surface area contributed by atoms with Crippen LogP contribution in [0.3, 0.4) is 0 Å². The Morgan fingerprint density at radius 3 is 2.50 bits per heavy atom. The van der Waals surface area contributed by atoms with Gasteiger partial charge < -0.3 is 19.3 Å². The van der Waals surface area contributed by atoms with E-state index in [0.29, 0.717) is 48.9 Å². The lowest BCUT2D eigenvalue weighted by molar-refractivity contribution is -0.262. The Hall–Kier alpha value is -0.650. The van der Waals surface area contributed by atoms with E-state index in [2.05, 4.69) is 20.8 Å². The van der Waals surface area contributed by atoms with E-state index in [1.54, 1.807) is 0 Å². The molecule has 9 atom stereocenters. The predicted octanol–water partition coefficient (Wildman–Crippen LogP) is 5.98. The van der Waals surface area contributed by atoms with Gasteiger partial charge in [0.25, 0.3) is 0 Å². The summed E-state index contributed by atoms with van der Waals surface area (Å²) in [7, 11) is 1.50. The molecule has 0 heterocycles. The third-order valence-electron chi connectivity index (χ3n) is 11.3. The van der Waals surface area contributed by atoms with Gasteiger partial charge in [0.05, 0.1) is 20.3 Å². The molecule has 0 aromatic heterocycles. The number of hydrogen-bond acceptors (Lipinski definition) is 5. The van der Waals surface area contributed by atoms with Crippen molar-refractivity contribution >= 4 is 5.97 Å². The number of methoxy groups -OCH3 is 1. The monoisotopic (exact) mass is 478 g/mol. The van der Waals surface area contributed by atoms with Gasteiger partial charge in [0.1, 0.15) is 0 Å². The molecule has 0 aromatic carbocycles. The number of aliphatic hydroxyl groups is 1. The van der Waals surface area contributed by atoms with Crippen LogP contribution in [-0.2, 0) is 19.0 Å². The Bertz CT molecular complexity index is 711. The largest absolute Gasteiger partial charge is 0.469 e. The molecule has 5 heteroatoms. The summed E-state index contributed by atoms with van der Waals surface area (Å²) >= 11 is 0. The van der Waals surface area contributed by atoms with Crippen LogP contribution < -0.4 is 0 Å². The molecule has 1 N–H and O–H groups in total. The summed E-state index contributed by atoms with van der Waals surface area (Å²) in [6.45, 7) is 11.2. The Morgan fingerprint density at radius 2 is 1.76 bits per heavy atom. The van der Waals surface area contributed by atoms with Crippen LogP contribution in [0.1, 0.15) is 98.3 Å². The van der Waals surface area contributed by atoms with Crippen molar-refractivity contribution in [2.45, 2.75) is 104 Å². The van der Waals surface area contributed by atoms with E-state index in [0.717, 1.165) is 49.4 Å². The van der Waals surface area contributed by atoms with E-state index in [-0.39, 0.29) is 5.97 Å². The Kier molecular flexibility index (Phi) is 8.06. The maximum absolute atomic E-state index is 11.7. The van der Waals surface area contributed by atoms with Crippen LogP contribution >= 0.6 is 0 Å². The van der Waals surface area contributed by atoms with Gasteiger partial charge in [0.15, 0.2) is 5.79 Å². The number of rotatable bonds is 9. The van der Waals surface area contributed by atoms with Crippen molar-refractivity contribution in [1.29, 1.82) is 0 Å². The van der Waals surface area contributed by atoms with Gasteiger partial charge in [-0.05, 0) is 105 Å². The zero-order valence-electron chi connectivity index (χ0n) is 22.4. The highest BCUT2D eigenvalue weighted by molar-refractivity contribution is 5.69. The summed E-state index contributed by atoms with van der Waals surface area (Å²) in [6, 6.07) is 0. The van der Waals surface area contributed by atoms with Crippen LogP contribution in [0, 0.1) is 46.3 Å². The molecule has 0 aliphatic heterocycles. The highest BCUT2D eigenvalue weighted by Crippen LogP contribution is 2.69. The first-order valence-corrected chi connectivity index (χ1v) is 14.2. The molecular weight excluding hydrogens is 428 g/mol. The third-order valence-corrected chi connectivity index (χ3v) is 11.3. The SMILES string of the molecule is CCOCCO[C@@]1(O)CC[C@@]2(C)C(CC[C@H]3[C@@H]4CC[C@H]([C@H](C)CCC(=O)OC)[C@@]4(C)CC[C@@H]32)C1. The maximum Gasteiger partial charge on any atom is 0.305 e. The van der Waals surface area contributed by atoms with Gasteiger partial charge in [-0.25, -0.2) is 0 Å². The van der Waals surface area contributed by atoms with Gasteiger partial charge in [-0.1, -0.05) is 20.8 Å². The molecule has 4 fully saturated rings. The molecule has 0 bridgehead atoms. The second kappa shape index (κ2) is 10.4. The van der Waals surface area contributed by atoms with E-state index in [1.807, 2.05) is 6.92 Å². The standard InChI is InChI=1S/C29H50O5/c1-6-33-17-18-34-29(31)16-15-27(3)21(19-29)8-9-22-24-11-10-23(20(2)7-12-26(30)32-5)28(24,4)14-13-25(22)27/h20-25,31H,6-19H2,1-5H3/t20-,21?,22+,23-,24+,25+,27+,28-,29+/m1/s1. The van der Waals surface area contributed by atoms with Crippen LogP contribution in [0.2, 0.25) is 0 Å². The topological polar surface area (TPSA) is 65.0 Å². The van der Waals surface area contributed by atoms with Gasteiger partial charge in [0.2, 0.25) is 0 Å². The zero-order valence-corrected chi connectivity index (χ0v) is 22.4. The molecule has 34 heavy (non-hydrogen) atoms. The van der Waals surface area contributed by atoms with Gasteiger partial charge in [-0.3, -0.25) is 4.79 Å². The van der Waals surface area contributed by atoms with Crippen molar-refractivity contribution < 1.29 is 24.1 Å². The minimum Gasteiger partial charge on any atom is -0.469 e. The average Bonchev–Trinajstić information content (AvgIpc) is 3.18. The molecule has 4 aliphatic carbocycles. The first kappa shape index (κ1) is 26.4. The summed E-state index contributed by atoms with van der Waals surface area (Å²) in [4.78, 5) is 11.7.